The third-order valence-electron chi connectivity index (χ3n) is 4.19. The van der Waals surface area contributed by atoms with E-state index in [1.165, 1.54) is 6.33 Å². The summed E-state index contributed by atoms with van der Waals surface area (Å²) in [5, 5.41) is 26.0. The van der Waals surface area contributed by atoms with Crippen LogP contribution in [0.5, 0.6) is 0 Å². The molecule has 30 heavy (non-hydrogen) atoms. The zero-order chi connectivity index (χ0) is 21.3. The average molecular weight is 405 g/mol. The highest BCUT2D eigenvalue weighted by molar-refractivity contribution is 5.74. The van der Waals surface area contributed by atoms with Crippen LogP contribution in [-0.2, 0) is 0 Å². The van der Waals surface area contributed by atoms with Gasteiger partial charge in [0.2, 0.25) is 11.6 Å². The number of aromatic nitrogens is 2. The van der Waals surface area contributed by atoms with Gasteiger partial charge in [-0.15, -0.1) is 0 Å². The maximum absolute atomic E-state index is 11.6. The standard InChI is InChI=1S/C21H23N7O2/c1-15(2)12-13-22-20-19(28(29)30)21(24-14-23-20)25-16-8-10-18(11-9-16)27-26-17-6-4-3-5-7-17/h3-11,14-15H,12-13H2,1-2H3,(H2,22,23,24,25). The smallest absolute Gasteiger partial charge is 0.353 e. The molecule has 2 N–H and O–H groups in total. The van der Waals surface area contributed by atoms with E-state index in [0.29, 0.717) is 23.8 Å². The zero-order valence-corrected chi connectivity index (χ0v) is 16.8. The minimum Gasteiger partial charge on any atom is -0.364 e. The Hall–Kier alpha value is -3.88. The predicted octanol–water partition coefficient (Wildman–Crippen LogP) is 6.00. The van der Waals surface area contributed by atoms with Gasteiger partial charge in [0, 0.05) is 12.2 Å². The Morgan fingerprint density at radius 2 is 1.60 bits per heavy atom. The number of nitro groups is 1. The summed E-state index contributed by atoms with van der Waals surface area (Å²) < 4.78 is 0. The molecule has 154 valence electrons. The lowest BCUT2D eigenvalue weighted by Crippen LogP contribution is -2.10. The minimum absolute atomic E-state index is 0.126. The van der Waals surface area contributed by atoms with Crippen molar-refractivity contribution in [2.45, 2.75) is 20.3 Å². The molecule has 0 fully saturated rings. The van der Waals surface area contributed by atoms with E-state index >= 15 is 0 Å². The quantitative estimate of drug-likeness (QED) is 0.256. The number of nitrogens with zero attached hydrogens (tertiary/aromatic N) is 5. The summed E-state index contributed by atoms with van der Waals surface area (Å²) >= 11 is 0. The first-order valence-corrected chi connectivity index (χ1v) is 9.60. The van der Waals surface area contributed by atoms with E-state index in [-0.39, 0.29) is 17.3 Å². The van der Waals surface area contributed by atoms with Crippen molar-refractivity contribution in [3.8, 4) is 0 Å². The molecule has 0 aliphatic heterocycles. The highest BCUT2D eigenvalue weighted by Gasteiger charge is 2.23. The Morgan fingerprint density at radius 1 is 0.967 bits per heavy atom. The molecule has 3 aromatic rings. The fourth-order valence-corrected chi connectivity index (χ4v) is 2.61. The fraction of sp³-hybridized carbons (Fsp3) is 0.238. The molecule has 1 aromatic heterocycles. The van der Waals surface area contributed by atoms with Crippen LogP contribution in [-0.4, -0.2) is 21.4 Å². The summed E-state index contributed by atoms with van der Waals surface area (Å²) in [7, 11) is 0. The SMILES string of the molecule is CC(C)CCNc1ncnc(Nc2ccc(N=Nc3ccccc3)cc2)c1[N+](=O)[O-]. The molecule has 0 saturated carbocycles. The molecule has 0 radical (unpaired) electrons. The van der Waals surface area contributed by atoms with Gasteiger partial charge in [0.05, 0.1) is 16.3 Å². The van der Waals surface area contributed by atoms with Gasteiger partial charge in [0.1, 0.15) is 6.33 Å². The van der Waals surface area contributed by atoms with Gasteiger partial charge in [0.15, 0.2) is 0 Å². The molecule has 0 unspecified atom stereocenters. The lowest BCUT2D eigenvalue weighted by molar-refractivity contribution is -0.383. The van der Waals surface area contributed by atoms with Crippen molar-refractivity contribution >= 4 is 34.4 Å². The van der Waals surface area contributed by atoms with Crippen LogP contribution in [0.3, 0.4) is 0 Å². The van der Waals surface area contributed by atoms with E-state index in [1.54, 1.807) is 24.3 Å². The van der Waals surface area contributed by atoms with E-state index in [1.807, 2.05) is 30.3 Å². The van der Waals surface area contributed by atoms with Gasteiger partial charge in [-0.2, -0.15) is 10.2 Å². The molecule has 0 spiro atoms. The highest BCUT2D eigenvalue weighted by Crippen LogP contribution is 2.31. The Balaban J connectivity index is 1.73. The topological polar surface area (TPSA) is 118 Å². The van der Waals surface area contributed by atoms with Crippen LogP contribution in [0.15, 0.2) is 71.2 Å². The molecular weight excluding hydrogens is 382 g/mol. The molecular formula is C21H23N7O2. The molecule has 1 heterocycles. The number of rotatable bonds is 9. The van der Waals surface area contributed by atoms with Crippen molar-refractivity contribution in [3.05, 3.63) is 71.0 Å². The Kier molecular flexibility index (Phi) is 6.99. The number of hydrogen-bond donors (Lipinski definition) is 2. The van der Waals surface area contributed by atoms with Gasteiger partial charge in [0.25, 0.3) is 0 Å². The van der Waals surface area contributed by atoms with Crippen molar-refractivity contribution in [1.29, 1.82) is 0 Å². The van der Waals surface area contributed by atoms with Gasteiger partial charge in [-0.1, -0.05) is 32.0 Å². The first-order valence-electron chi connectivity index (χ1n) is 9.60. The van der Waals surface area contributed by atoms with Crippen LogP contribution in [0, 0.1) is 16.0 Å². The maximum atomic E-state index is 11.6. The number of anilines is 3. The van der Waals surface area contributed by atoms with Crippen LogP contribution in [0.1, 0.15) is 20.3 Å². The van der Waals surface area contributed by atoms with Crippen molar-refractivity contribution in [1.82, 2.24) is 9.97 Å². The van der Waals surface area contributed by atoms with E-state index in [2.05, 4.69) is 44.7 Å². The monoisotopic (exact) mass is 405 g/mol. The van der Waals surface area contributed by atoms with E-state index in [0.717, 1.165) is 12.1 Å². The molecule has 2 aromatic carbocycles. The summed E-state index contributed by atoms with van der Waals surface area (Å²) in [5.41, 5.74) is 1.88. The first kappa shape index (κ1) is 20.8. The molecule has 0 aliphatic carbocycles. The van der Waals surface area contributed by atoms with E-state index in [9.17, 15) is 10.1 Å². The molecule has 3 rings (SSSR count). The summed E-state index contributed by atoms with van der Waals surface area (Å²) in [6, 6.07) is 16.5. The van der Waals surface area contributed by atoms with Crippen molar-refractivity contribution < 1.29 is 4.92 Å². The normalized spacial score (nSPS) is 11.0. The number of benzene rings is 2. The second-order valence-corrected chi connectivity index (χ2v) is 6.99. The van der Waals surface area contributed by atoms with Crippen LogP contribution in [0.2, 0.25) is 0 Å². The second kappa shape index (κ2) is 10.1. The fourth-order valence-electron chi connectivity index (χ4n) is 2.61. The van der Waals surface area contributed by atoms with E-state index in [4.69, 9.17) is 0 Å². The van der Waals surface area contributed by atoms with Crippen molar-refractivity contribution in [2.24, 2.45) is 16.1 Å². The Bertz CT molecular complexity index is 1010. The van der Waals surface area contributed by atoms with Crippen LogP contribution in [0.4, 0.5) is 34.4 Å². The molecule has 9 nitrogen and oxygen atoms in total. The summed E-state index contributed by atoms with van der Waals surface area (Å²) in [6.45, 7) is 4.77. The van der Waals surface area contributed by atoms with Crippen LogP contribution in [0.25, 0.3) is 0 Å². The molecule has 0 amide bonds. The van der Waals surface area contributed by atoms with Gasteiger partial charge < -0.3 is 10.6 Å². The highest BCUT2D eigenvalue weighted by atomic mass is 16.6. The summed E-state index contributed by atoms with van der Waals surface area (Å²) in [4.78, 5) is 19.2. The van der Waals surface area contributed by atoms with Crippen LogP contribution < -0.4 is 10.6 Å². The lowest BCUT2D eigenvalue weighted by Gasteiger charge is -2.11. The third kappa shape index (κ3) is 5.81. The number of hydrogen-bond acceptors (Lipinski definition) is 8. The summed E-state index contributed by atoms with van der Waals surface area (Å²) in [6.07, 6.45) is 2.18. The average Bonchev–Trinajstić information content (AvgIpc) is 2.74. The van der Waals surface area contributed by atoms with Gasteiger partial charge >= 0.3 is 5.69 Å². The largest absolute Gasteiger partial charge is 0.364 e. The summed E-state index contributed by atoms with van der Waals surface area (Å²) in [5.74, 6) is 0.806. The van der Waals surface area contributed by atoms with Crippen LogP contribution >= 0.6 is 0 Å². The molecule has 9 heteroatoms. The number of nitrogens with one attached hydrogen (secondary N) is 2. The first-order chi connectivity index (χ1) is 14.5. The lowest BCUT2D eigenvalue weighted by atomic mass is 10.1. The zero-order valence-electron chi connectivity index (χ0n) is 16.8. The van der Waals surface area contributed by atoms with Gasteiger partial charge in [-0.05, 0) is 48.7 Å². The number of azo groups is 1. The Morgan fingerprint density at radius 3 is 2.23 bits per heavy atom. The third-order valence-corrected chi connectivity index (χ3v) is 4.19. The maximum Gasteiger partial charge on any atom is 0.353 e. The second-order valence-electron chi connectivity index (χ2n) is 6.99. The molecule has 0 aliphatic rings. The predicted molar refractivity (Wildman–Crippen MR) is 117 cm³/mol. The Labute approximate surface area is 174 Å². The van der Waals surface area contributed by atoms with E-state index < -0.39 is 4.92 Å². The molecule has 0 atom stereocenters. The van der Waals surface area contributed by atoms with Gasteiger partial charge in [-0.3, -0.25) is 10.1 Å². The molecule has 0 bridgehead atoms. The minimum atomic E-state index is -0.484. The van der Waals surface area contributed by atoms with Gasteiger partial charge in [-0.25, -0.2) is 9.97 Å². The molecule has 0 saturated heterocycles. The van der Waals surface area contributed by atoms with Crippen molar-refractivity contribution in [2.75, 3.05) is 17.2 Å². The van der Waals surface area contributed by atoms with Crippen molar-refractivity contribution in [3.63, 3.8) is 0 Å².